The summed E-state index contributed by atoms with van der Waals surface area (Å²) in [7, 11) is -16.3. The Bertz CT molecular complexity index is 5050. The molecule has 9 amide bonds. The van der Waals surface area contributed by atoms with Gasteiger partial charge in [-0.25, -0.2) is 60.4 Å². The lowest BCUT2D eigenvalue weighted by molar-refractivity contribution is -0.135. The molecule has 0 saturated carbocycles. The number of furan rings is 1. The van der Waals surface area contributed by atoms with Crippen molar-refractivity contribution in [2.45, 2.75) is 122 Å². The number of hydrogen-bond acceptors (Lipinski definition) is 32. The van der Waals surface area contributed by atoms with E-state index in [-0.39, 0.29) is 154 Å². The highest BCUT2D eigenvalue weighted by molar-refractivity contribution is 7.94. The third kappa shape index (κ3) is 25.8. The molecular formula is C83H105N11O30S4. The van der Waals surface area contributed by atoms with E-state index in [0.717, 1.165) is 0 Å². The summed E-state index contributed by atoms with van der Waals surface area (Å²) in [6, 6.07) is 33.0. The van der Waals surface area contributed by atoms with Gasteiger partial charge in [0.15, 0.2) is 58.3 Å². The highest BCUT2D eigenvalue weighted by Gasteiger charge is 2.56. The minimum atomic E-state index is -4.08. The fourth-order valence-corrected chi connectivity index (χ4v) is 21.8. The molecule has 5 aliphatic heterocycles. The number of sulfone groups is 4. The largest absolute Gasteiger partial charge is 0.494 e. The number of carbonyl (C=O) groups is 8. The van der Waals surface area contributed by atoms with Gasteiger partial charge < -0.3 is 73.2 Å². The van der Waals surface area contributed by atoms with Gasteiger partial charge in [0.25, 0.3) is 35.4 Å². The number of benzene rings is 4. The van der Waals surface area contributed by atoms with E-state index < -0.39 is 82.0 Å². The Morgan fingerprint density at radius 2 is 0.672 bits per heavy atom. The highest BCUT2D eigenvalue weighted by Crippen LogP contribution is 2.40. The van der Waals surface area contributed by atoms with E-state index in [2.05, 4.69) is 31.2 Å². The van der Waals surface area contributed by atoms with Crippen LogP contribution < -0.4 is 62.1 Å². The van der Waals surface area contributed by atoms with Gasteiger partial charge >= 0.3 is 6.03 Å². The van der Waals surface area contributed by atoms with E-state index in [1.807, 2.05) is 0 Å². The van der Waals surface area contributed by atoms with Crippen molar-refractivity contribution >= 4 is 86.7 Å². The van der Waals surface area contributed by atoms with Gasteiger partial charge in [-0.15, -0.1) is 0 Å². The zero-order valence-corrected chi connectivity index (χ0v) is 73.1. The number of amides is 9. The number of hydrogen-bond donors (Lipinski definition) is 12. The van der Waals surface area contributed by atoms with Crippen LogP contribution in [0.4, 0.5) is 4.79 Å². The molecule has 7 aromatic rings. The zero-order chi connectivity index (χ0) is 92.1. The number of aromatic nitrogens is 2. The van der Waals surface area contributed by atoms with Gasteiger partial charge in [-0.1, -0.05) is 0 Å². The van der Waals surface area contributed by atoms with E-state index in [1.54, 1.807) is 59.9 Å². The summed E-state index contributed by atoms with van der Waals surface area (Å²) in [5.41, 5.74) is 6.96. The molecule has 8 heterocycles. The lowest BCUT2D eigenvalue weighted by atomic mass is 9.98. The van der Waals surface area contributed by atoms with Crippen LogP contribution in [0.15, 0.2) is 189 Å². The summed E-state index contributed by atoms with van der Waals surface area (Å²) in [5.74, 6) is -1.99. The smallest absolute Gasteiger partial charge is 0.317 e. The topological polar surface area (TPSA) is 576 Å². The molecule has 0 aliphatic carbocycles. The van der Waals surface area contributed by atoms with Crippen LogP contribution in [0.25, 0.3) is 0 Å². The van der Waals surface area contributed by atoms with Crippen molar-refractivity contribution in [1.29, 1.82) is 0 Å². The minimum absolute atomic E-state index is 0.0341. The van der Waals surface area contributed by atoms with Crippen LogP contribution in [0.1, 0.15) is 104 Å². The summed E-state index contributed by atoms with van der Waals surface area (Å²) >= 11 is 0. The Balaban J connectivity index is 0.000000193. The molecule has 4 aromatic carbocycles. The molecule has 5 aliphatic rings. The fraction of sp³-hybridized carbons (Fsp3) is 0.446. The number of pyridine rings is 2. The van der Waals surface area contributed by atoms with Crippen LogP contribution in [0.5, 0.6) is 23.0 Å². The summed E-state index contributed by atoms with van der Waals surface area (Å²) < 4.78 is 152. The molecule has 128 heavy (non-hydrogen) atoms. The molecule has 0 spiro atoms. The van der Waals surface area contributed by atoms with Crippen LogP contribution in [-0.4, -0.2) is 268 Å². The fourth-order valence-electron chi connectivity index (χ4n) is 14.0. The zero-order valence-electron chi connectivity index (χ0n) is 69.8. The van der Waals surface area contributed by atoms with Crippen molar-refractivity contribution in [2.24, 2.45) is 0 Å². The van der Waals surface area contributed by atoms with Gasteiger partial charge in [-0.05, 0) is 211 Å². The molecule has 41 nitrogen and oxygen atoms in total. The highest BCUT2D eigenvalue weighted by atomic mass is 32.2. The molecule has 5 fully saturated rings. The van der Waals surface area contributed by atoms with Gasteiger partial charge in [0.05, 0.1) is 77.5 Å². The molecule has 12 rings (SSSR count). The molecule has 5 saturated heterocycles. The van der Waals surface area contributed by atoms with E-state index in [1.165, 1.54) is 131 Å². The van der Waals surface area contributed by atoms with Crippen LogP contribution in [0.3, 0.4) is 0 Å². The van der Waals surface area contributed by atoms with E-state index in [0.29, 0.717) is 144 Å². The number of nitrogens with zero attached hydrogens (tertiary/aromatic N) is 3. The number of morpholine rings is 1. The number of carbonyl (C=O) groups excluding carboxylic acids is 8. The van der Waals surface area contributed by atoms with Gasteiger partial charge in [-0.3, -0.25) is 64.4 Å². The van der Waals surface area contributed by atoms with Crippen molar-refractivity contribution in [3.05, 3.63) is 181 Å². The Labute approximate surface area is 738 Å². The standard InChI is InChI=1S/2C21H25N3O7S.C21H26N2O8S.C20H29N3O8S/c25-19(16-6-11-22-12-7-16)23-10-1-13-31-17-2-4-18(5-3-17)32(28,29)21(20(26)24-27)8-14-30-15-9-21;25-19(16-3-1-10-22-15-16)23-11-2-12-31-17-4-6-18(7-5-17)32(28,29)21(20(26)24-27)8-13-30-14-9-21;24-19(15-17-3-1-11-31-17)22-10-2-12-30-16-4-6-18(7-5-16)32(27,28)21(20(25)23-26)8-13-29-14-9-21;24-18(22-26)20(6-12-29-13-7-20)32(27,28)17-4-2-16(3-5-17)31-11-1-8-21-19(25)23-9-14-30-15-10-23/h2-7,11-12,27H,1,8-10,13-15H2,(H,23,25)(H,24,26);1,3-7,10,15,27H,2,8-9,11-14H2,(H,23,25)(H,24,26);1,3-7,11,26H,2,8-10,12-15H2,(H,22,24)(H,23,25);2-5,26H,1,6-15H2,(H,21,25)(H,22,24). The first-order valence-electron chi connectivity index (χ1n) is 40.9. The van der Waals surface area contributed by atoms with Gasteiger partial charge in [0, 0.05) is 122 Å². The third-order valence-electron chi connectivity index (χ3n) is 21.5. The summed E-state index contributed by atoms with van der Waals surface area (Å²) in [6.07, 6.45) is 9.69. The second-order valence-corrected chi connectivity index (χ2v) is 38.4. The van der Waals surface area contributed by atoms with Crippen molar-refractivity contribution in [1.82, 2.24) is 58.1 Å². The SMILES string of the molecule is O=C(Cc1ccco1)NCCCOc1ccc(S(=O)(=O)C2(C(=O)NO)CCOCC2)cc1.O=C(NCCCOc1ccc(S(=O)(=O)C2(C(=O)NO)CCOCC2)cc1)N1CCOCC1.O=C(NCCCOc1ccc(S(=O)(=O)C2(C(=O)NO)CCOCC2)cc1)c1cccnc1.O=C(NCCCOc1ccc(S(=O)(=O)C2(C(=O)NO)CCOCC2)cc1)c1ccncc1. The number of urea groups is 1. The van der Waals surface area contributed by atoms with Crippen LogP contribution in [-0.2, 0) is 93.4 Å². The molecule has 0 atom stereocenters. The maximum atomic E-state index is 13.2. The molecule has 0 radical (unpaired) electrons. The van der Waals surface area contributed by atoms with Crippen molar-refractivity contribution in [3.63, 3.8) is 0 Å². The molecule has 3 aromatic heterocycles. The summed E-state index contributed by atoms with van der Waals surface area (Å²) in [5, 5.41) is 47.5. The first-order valence-corrected chi connectivity index (χ1v) is 46.8. The van der Waals surface area contributed by atoms with Gasteiger partial charge in [0.1, 0.15) is 28.8 Å². The first-order chi connectivity index (χ1) is 61.6. The normalized spacial score (nSPS) is 16.3. The van der Waals surface area contributed by atoms with Crippen LogP contribution >= 0.6 is 0 Å². The first kappa shape index (κ1) is 100. The molecule has 12 N–H and O–H groups in total. The van der Waals surface area contributed by atoms with Crippen molar-refractivity contribution < 1.29 is 140 Å². The Hall–Kier alpha value is -11.3. The van der Waals surface area contributed by atoms with Gasteiger partial charge in [0.2, 0.25) is 5.91 Å². The van der Waals surface area contributed by atoms with Crippen molar-refractivity contribution in [3.8, 4) is 23.0 Å². The second kappa shape index (κ2) is 48.7. The van der Waals surface area contributed by atoms with Crippen molar-refractivity contribution in [2.75, 3.05) is 132 Å². The van der Waals surface area contributed by atoms with Crippen LogP contribution in [0.2, 0.25) is 0 Å². The molecule has 0 bridgehead atoms. The Kier molecular flexibility index (Phi) is 38.2. The van der Waals surface area contributed by atoms with E-state index >= 15 is 0 Å². The Morgan fingerprint density at radius 3 is 0.977 bits per heavy atom. The lowest BCUT2D eigenvalue weighted by Gasteiger charge is -2.34. The predicted octanol–water partition coefficient (Wildman–Crippen LogP) is 3.78. The third-order valence-corrected chi connectivity index (χ3v) is 31.5. The maximum absolute atomic E-state index is 13.2. The summed E-state index contributed by atoms with van der Waals surface area (Å²) in [6.45, 7) is 6.04. The number of hydroxylamine groups is 4. The second-order valence-electron chi connectivity index (χ2n) is 29.3. The molecule has 696 valence electrons. The quantitative estimate of drug-likeness (QED) is 0.0151. The molecular weight excluding hydrogens is 1760 g/mol. The average molecular weight is 1870 g/mol. The number of nitrogens with one attached hydrogen (secondary N) is 8. The number of ether oxygens (including phenoxy) is 9. The maximum Gasteiger partial charge on any atom is 0.317 e. The van der Waals surface area contributed by atoms with E-state index in [4.69, 9.17) is 67.9 Å². The van der Waals surface area contributed by atoms with Gasteiger partial charge in [-0.2, -0.15) is 0 Å². The predicted molar refractivity (Wildman–Crippen MR) is 450 cm³/mol. The number of rotatable bonds is 36. The minimum Gasteiger partial charge on any atom is -0.494 e. The Morgan fingerprint density at radius 1 is 0.359 bits per heavy atom. The molecule has 45 heteroatoms. The summed E-state index contributed by atoms with van der Waals surface area (Å²) in [4.78, 5) is 106. The molecule has 0 unspecified atom stereocenters. The monoisotopic (exact) mass is 1860 g/mol. The van der Waals surface area contributed by atoms with E-state index in [9.17, 15) is 72.0 Å². The average Bonchev–Trinajstić information content (AvgIpc) is 0.815. The van der Waals surface area contributed by atoms with Crippen LogP contribution in [0, 0.1) is 0 Å². The lowest BCUT2D eigenvalue weighted by Crippen LogP contribution is -2.54.